The molecule has 1 aliphatic rings. The third-order valence-electron chi connectivity index (χ3n) is 3.92. The SMILES string of the molecule is Cc1cccc(CN(C)C(=O)C2(CO)CCC2)c1. The average molecular weight is 247 g/mol. The molecule has 0 radical (unpaired) electrons. The standard InChI is InChI=1S/C15H21NO2/c1-12-5-3-6-13(9-12)10-16(2)14(18)15(11-17)7-4-8-15/h3,5-6,9,17H,4,7-8,10-11H2,1-2H3. The lowest BCUT2D eigenvalue weighted by Gasteiger charge is -2.41. The highest BCUT2D eigenvalue weighted by Crippen LogP contribution is 2.41. The van der Waals surface area contributed by atoms with E-state index < -0.39 is 5.41 Å². The second-order valence-electron chi connectivity index (χ2n) is 5.44. The van der Waals surface area contributed by atoms with Gasteiger partial charge in [0.05, 0.1) is 12.0 Å². The predicted octanol–water partition coefficient (Wildman–Crippen LogP) is 2.12. The number of rotatable bonds is 4. The second kappa shape index (κ2) is 5.11. The van der Waals surface area contributed by atoms with Crippen molar-refractivity contribution in [1.82, 2.24) is 4.90 Å². The number of nitrogens with zero attached hydrogens (tertiary/aromatic N) is 1. The Balaban J connectivity index is 2.03. The van der Waals surface area contributed by atoms with E-state index >= 15 is 0 Å². The summed E-state index contributed by atoms with van der Waals surface area (Å²) in [5.41, 5.74) is 1.85. The van der Waals surface area contributed by atoms with Crippen molar-refractivity contribution in [2.75, 3.05) is 13.7 Å². The van der Waals surface area contributed by atoms with Crippen LogP contribution in [0.15, 0.2) is 24.3 Å². The molecular weight excluding hydrogens is 226 g/mol. The predicted molar refractivity (Wildman–Crippen MR) is 71.0 cm³/mol. The normalized spacial score (nSPS) is 17.1. The molecular formula is C15H21NO2. The van der Waals surface area contributed by atoms with Gasteiger partial charge in [-0.25, -0.2) is 0 Å². The molecule has 1 aromatic rings. The van der Waals surface area contributed by atoms with Crippen molar-refractivity contribution in [2.24, 2.45) is 5.41 Å². The van der Waals surface area contributed by atoms with Crippen molar-refractivity contribution in [3.63, 3.8) is 0 Å². The zero-order chi connectivity index (χ0) is 13.2. The van der Waals surface area contributed by atoms with Crippen LogP contribution < -0.4 is 0 Å². The van der Waals surface area contributed by atoms with E-state index in [0.29, 0.717) is 6.54 Å². The van der Waals surface area contributed by atoms with Gasteiger partial charge in [0.1, 0.15) is 0 Å². The van der Waals surface area contributed by atoms with Gasteiger partial charge in [0, 0.05) is 13.6 Å². The zero-order valence-electron chi connectivity index (χ0n) is 11.1. The fourth-order valence-electron chi connectivity index (χ4n) is 2.60. The van der Waals surface area contributed by atoms with E-state index in [1.165, 1.54) is 5.56 Å². The summed E-state index contributed by atoms with van der Waals surface area (Å²) in [6, 6.07) is 8.18. The van der Waals surface area contributed by atoms with E-state index in [2.05, 4.69) is 6.07 Å². The summed E-state index contributed by atoms with van der Waals surface area (Å²) in [6.07, 6.45) is 2.69. The van der Waals surface area contributed by atoms with E-state index in [1.807, 2.05) is 32.2 Å². The number of aliphatic hydroxyl groups is 1. The molecule has 2 rings (SSSR count). The molecule has 1 amide bonds. The van der Waals surface area contributed by atoms with Crippen molar-refractivity contribution < 1.29 is 9.90 Å². The third-order valence-corrected chi connectivity index (χ3v) is 3.92. The number of carbonyl (C=O) groups excluding carboxylic acids is 1. The molecule has 0 aromatic heterocycles. The minimum atomic E-state index is -0.488. The van der Waals surface area contributed by atoms with Crippen LogP contribution in [0, 0.1) is 12.3 Å². The molecule has 0 heterocycles. The van der Waals surface area contributed by atoms with Crippen molar-refractivity contribution in [1.29, 1.82) is 0 Å². The Morgan fingerprint density at radius 2 is 2.17 bits per heavy atom. The molecule has 3 nitrogen and oxygen atoms in total. The molecule has 98 valence electrons. The van der Waals surface area contributed by atoms with Gasteiger partial charge in [-0.2, -0.15) is 0 Å². The second-order valence-corrected chi connectivity index (χ2v) is 5.44. The minimum absolute atomic E-state index is 0.0238. The molecule has 0 spiro atoms. The Labute approximate surface area is 108 Å². The van der Waals surface area contributed by atoms with Crippen LogP contribution in [0.5, 0.6) is 0 Å². The minimum Gasteiger partial charge on any atom is -0.395 e. The Hall–Kier alpha value is -1.35. The Bertz CT molecular complexity index is 432. The molecule has 1 aromatic carbocycles. The van der Waals surface area contributed by atoms with Crippen LogP contribution in [0.1, 0.15) is 30.4 Å². The molecule has 18 heavy (non-hydrogen) atoms. The fraction of sp³-hybridized carbons (Fsp3) is 0.533. The highest BCUT2D eigenvalue weighted by atomic mass is 16.3. The summed E-state index contributed by atoms with van der Waals surface area (Å²) in [6.45, 7) is 2.64. The summed E-state index contributed by atoms with van der Waals surface area (Å²) in [5.74, 6) is 0.0813. The summed E-state index contributed by atoms with van der Waals surface area (Å²) >= 11 is 0. The van der Waals surface area contributed by atoms with Gasteiger partial charge in [-0.3, -0.25) is 4.79 Å². The quantitative estimate of drug-likeness (QED) is 0.885. The first-order chi connectivity index (χ1) is 8.57. The number of amides is 1. The van der Waals surface area contributed by atoms with E-state index in [4.69, 9.17) is 0 Å². The van der Waals surface area contributed by atoms with Crippen LogP contribution >= 0.6 is 0 Å². The molecule has 0 aliphatic heterocycles. The molecule has 1 saturated carbocycles. The first-order valence-electron chi connectivity index (χ1n) is 6.49. The highest BCUT2D eigenvalue weighted by Gasteiger charge is 2.44. The van der Waals surface area contributed by atoms with Gasteiger partial charge in [0.2, 0.25) is 5.91 Å². The van der Waals surface area contributed by atoms with Crippen molar-refractivity contribution in [3.8, 4) is 0 Å². The monoisotopic (exact) mass is 247 g/mol. The van der Waals surface area contributed by atoms with Gasteiger partial charge in [-0.15, -0.1) is 0 Å². The van der Waals surface area contributed by atoms with Crippen LogP contribution in [-0.2, 0) is 11.3 Å². The first kappa shape index (κ1) is 13.1. The van der Waals surface area contributed by atoms with E-state index in [-0.39, 0.29) is 12.5 Å². The van der Waals surface area contributed by atoms with E-state index in [9.17, 15) is 9.90 Å². The van der Waals surface area contributed by atoms with Crippen LogP contribution in [0.2, 0.25) is 0 Å². The summed E-state index contributed by atoms with van der Waals surface area (Å²) in [7, 11) is 1.82. The maximum absolute atomic E-state index is 12.3. The number of aliphatic hydroxyl groups excluding tert-OH is 1. The smallest absolute Gasteiger partial charge is 0.231 e. The molecule has 1 N–H and O–H groups in total. The average Bonchev–Trinajstić information content (AvgIpc) is 2.28. The van der Waals surface area contributed by atoms with E-state index in [1.54, 1.807) is 4.90 Å². The van der Waals surface area contributed by atoms with Gasteiger partial charge in [-0.05, 0) is 25.3 Å². The largest absolute Gasteiger partial charge is 0.395 e. The van der Waals surface area contributed by atoms with Crippen LogP contribution in [-0.4, -0.2) is 29.6 Å². The maximum Gasteiger partial charge on any atom is 0.231 e. The molecule has 1 aliphatic carbocycles. The molecule has 0 bridgehead atoms. The van der Waals surface area contributed by atoms with Crippen LogP contribution in [0.25, 0.3) is 0 Å². The van der Waals surface area contributed by atoms with Crippen molar-refractivity contribution >= 4 is 5.91 Å². The highest BCUT2D eigenvalue weighted by molar-refractivity contribution is 5.83. The maximum atomic E-state index is 12.3. The number of carbonyl (C=O) groups is 1. The molecule has 1 fully saturated rings. The Morgan fingerprint density at radius 1 is 1.44 bits per heavy atom. The summed E-state index contributed by atoms with van der Waals surface area (Å²) in [4.78, 5) is 14.1. The van der Waals surface area contributed by atoms with Crippen molar-refractivity contribution in [2.45, 2.75) is 32.7 Å². The molecule has 0 saturated heterocycles. The lowest BCUT2D eigenvalue weighted by molar-refractivity contribution is -0.150. The van der Waals surface area contributed by atoms with Gasteiger partial charge in [0.15, 0.2) is 0 Å². The zero-order valence-corrected chi connectivity index (χ0v) is 11.1. The topological polar surface area (TPSA) is 40.5 Å². The van der Waals surface area contributed by atoms with Crippen LogP contribution in [0.4, 0.5) is 0 Å². The molecule has 0 atom stereocenters. The van der Waals surface area contributed by atoms with Gasteiger partial charge in [0.25, 0.3) is 0 Å². The first-order valence-corrected chi connectivity index (χ1v) is 6.49. The third kappa shape index (κ3) is 2.41. The number of hydrogen-bond acceptors (Lipinski definition) is 2. The van der Waals surface area contributed by atoms with E-state index in [0.717, 1.165) is 24.8 Å². The molecule has 0 unspecified atom stereocenters. The van der Waals surface area contributed by atoms with Crippen LogP contribution in [0.3, 0.4) is 0 Å². The van der Waals surface area contributed by atoms with Gasteiger partial charge in [-0.1, -0.05) is 36.2 Å². The number of hydrogen-bond donors (Lipinski definition) is 1. The lowest BCUT2D eigenvalue weighted by Crippen LogP contribution is -2.48. The Kier molecular flexibility index (Phi) is 3.71. The number of aryl methyl sites for hydroxylation is 1. The van der Waals surface area contributed by atoms with Gasteiger partial charge < -0.3 is 10.0 Å². The summed E-state index contributed by atoms with van der Waals surface area (Å²) < 4.78 is 0. The Morgan fingerprint density at radius 3 is 2.67 bits per heavy atom. The van der Waals surface area contributed by atoms with Gasteiger partial charge >= 0.3 is 0 Å². The van der Waals surface area contributed by atoms with Crippen molar-refractivity contribution in [3.05, 3.63) is 35.4 Å². The molecule has 3 heteroatoms. The number of benzene rings is 1. The fourth-order valence-corrected chi connectivity index (χ4v) is 2.60. The lowest BCUT2D eigenvalue weighted by atomic mass is 9.68. The summed E-state index contributed by atoms with van der Waals surface area (Å²) in [5, 5.41) is 9.42.